The normalized spacial score (nSPS) is 13.0. The van der Waals surface area contributed by atoms with Gasteiger partial charge in [0.1, 0.15) is 5.69 Å². The van der Waals surface area contributed by atoms with Crippen molar-refractivity contribution in [1.82, 2.24) is 9.36 Å². The summed E-state index contributed by atoms with van der Waals surface area (Å²) in [5, 5.41) is 2.72. The number of carbonyl (C=O) groups is 2. The Morgan fingerprint density at radius 3 is 2.42 bits per heavy atom. The van der Waals surface area contributed by atoms with Crippen LogP contribution < -0.4 is 10.9 Å². The van der Waals surface area contributed by atoms with E-state index in [0.717, 1.165) is 24.9 Å². The number of rotatable bonds is 6. The number of aromatic nitrogens is 2. The van der Waals surface area contributed by atoms with Gasteiger partial charge in [0.2, 0.25) is 5.91 Å². The highest BCUT2D eigenvalue weighted by Crippen LogP contribution is 2.23. The van der Waals surface area contributed by atoms with E-state index in [1.807, 2.05) is 48.5 Å². The number of ketones is 1. The average molecular weight is 418 g/mol. The number of amides is 1. The number of Topliss-reactive ketones (excluding diaryl/α,β-unsaturated/α-hetero) is 1. The monoisotopic (exact) mass is 417 g/mol. The second-order valence-electron chi connectivity index (χ2n) is 8.10. The zero-order chi connectivity index (χ0) is 22.0. The van der Waals surface area contributed by atoms with E-state index in [2.05, 4.69) is 5.32 Å². The highest BCUT2D eigenvalue weighted by Gasteiger charge is 2.19. The maximum Gasteiger partial charge on any atom is 0.295 e. The minimum atomic E-state index is -0.336. The van der Waals surface area contributed by atoms with Crippen molar-refractivity contribution in [2.24, 2.45) is 7.05 Å². The molecule has 1 N–H and O–H groups in total. The van der Waals surface area contributed by atoms with Crippen LogP contribution in [0.25, 0.3) is 5.69 Å². The van der Waals surface area contributed by atoms with E-state index in [1.54, 1.807) is 18.7 Å². The molecule has 0 unspecified atom stereocenters. The average Bonchev–Trinajstić information content (AvgIpc) is 3.00. The first kappa shape index (κ1) is 20.8. The van der Waals surface area contributed by atoms with Crippen molar-refractivity contribution in [2.75, 3.05) is 5.32 Å². The summed E-state index contributed by atoms with van der Waals surface area (Å²) in [6.45, 7) is 1.79. The van der Waals surface area contributed by atoms with Crippen LogP contribution in [0.5, 0.6) is 0 Å². The summed E-state index contributed by atoms with van der Waals surface area (Å²) in [7, 11) is 1.78. The molecule has 4 rings (SSSR count). The highest BCUT2D eigenvalue weighted by molar-refractivity contribution is 6.00. The lowest BCUT2D eigenvalue weighted by Crippen LogP contribution is -2.23. The molecule has 6 heteroatoms. The van der Waals surface area contributed by atoms with Gasteiger partial charge in [-0.25, -0.2) is 4.68 Å². The standard InChI is InChI=1S/C25H27N3O3/c1-17-24(25(31)28(27(17)2)21-10-4-3-5-11-21)26-23(30)15-14-22(29)20-13-12-18-8-6-7-9-19(18)16-20/h3-5,10-13,16H,6-9,14-15H2,1-2H3,(H,26,30). The summed E-state index contributed by atoms with van der Waals surface area (Å²) >= 11 is 0. The number of nitrogens with zero attached hydrogens (tertiary/aromatic N) is 2. The molecule has 1 aliphatic carbocycles. The molecule has 0 fully saturated rings. The minimum absolute atomic E-state index is 0.0367. The molecule has 6 nitrogen and oxygen atoms in total. The molecule has 160 valence electrons. The van der Waals surface area contributed by atoms with Crippen LogP contribution in [0.2, 0.25) is 0 Å². The van der Waals surface area contributed by atoms with Gasteiger partial charge in [0, 0.05) is 25.5 Å². The van der Waals surface area contributed by atoms with Crippen LogP contribution in [0.1, 0.15) is 52.9 Å². The summed E-state index contributed by atoms with van der Waals surface area (Å²) in [6, 6.07) is 15.2. The molecule has 1 aromatic heterocycles. The maximum atomic E-state index is 12.9. The Bertz CT molecular complexity index is 1190. The molecule has 2 aromatic carbocycles. The lowest BCUT2D eigenvalue weighted by atomic mass is 9.89. The maximum absolute atomic E-state index is 12.9. The van der Waals surface area contributed by atoms with E-state index >= 15 is 0 Å². The van der Waals surface area contributed by atoms with Crippen LogP contribution >= 0.6 is 0 Å². The molecule has 0 atom stereocenters. The number of fused-ring (bicyclic) bond motifs is 1. The minimum Gasteiger partial charge on any atom is -0.320 e. The van der Waals surface area contributed by atoms with Crippen LogP contribution in [0, 0.1) is 6.92 Å². The summed E-state index contributed by atoms with van der Waals surface area (Å²) in [5.41, 5.74) is 4.58. The van der Waals surface area contributed by atoms with Gasteiger partial charge in [-0.1, -0.05) is 30.3 Å². The Morgan fingerprint density at radius 2 is 1.68 bits per heavy atom. The van der Waals surface area contributed by atoms with Gasteiger partial charge in [0.25, 0.3) is 5.56 Å². The first-order valence-corrected chi connectivity index (χ1v) is 10.7. The van der Waals surface area contributed by atoms with Gasteiger partial charge < -0.3 is 5.32 Å². The van der Waals surface area contributed by atoms with Crippen molar-refractivity contribution in [1.29, 1.82) is 0 Å². The smallest absolute Gasteiger partial charge is 0.295 e. The molecule has 0 saturated carbocycles. The van der Waals surface area contributed by atoms with E-state index in [0.29, 0.717) is 11.3 Å². The van der Waals surface area contributed by atoms with Crippen molar-refractivity contribution in [3.8, 4) is 5.69 Å². The number of hydrogen-bond acceptors (Lipinski definition) is 3. The first-order valence-electron chi connectivity index (χ1n) is 10.7. The van der Waals surface area contributed by atoms with Gasteiger partial charge in [-0.2, -0.15) is 0 Å². The summed E-state index contributed by atoms with van der Waals surface area (Å²) in [4.78, 5) is 38.0. The van der Waals surface area contributed by atoms with E-state index in [1.165, 1.54) is 22.2 Å². The van der Waals surface area contributed by atoms with Crippen molar-refractivity contribution in [3.05, 3.63) is 81.3 Å². The molecular formula is C25H27N3O3. The van der Waals surface area contributed by atoms with E-state index < -0.39 is 0 Å². The number of para-hydroxylation sites is 1. The number of hydrogen-bond donors (Lipinski definition) is 1. The van der Waals surface area contributed by atoms with Crippen molar-refractivity contribution >= 4 is 17.4 Å². The molecule has 1 amide bonds. The number of nitrogens with one attached hydrogen (secondary N) is 1. The molecule has 31 heavy (non-hydrogen) atoms. The van der Waals surface area contributed by atoms with Crippen molar-refractivity contribution < 1.29 is 9.59 Å². The van der Waals surface area contributed by atoms with Crippen LogP contribution in [0.3, 0.4) is 0 Å². The van der Waals surface area contributed by atoms with E-state index in [-0.39, 0.29) is 35.8 Å². The molecule has 1 aliphatic rings. The predicted octanol–water partition coefficient (Wildman–Crippen LogP) is 3.96. The van der Waals surface area contributed by atoms with Crippen LogP contribution in [-0.2, 0) is 24.7 Å². The molecule has 0 spiro atoms. The molecule has 1 heterocycles. The van der Waals surface area contributed by atoms with Gasteiger partial charge >= 0.3 is 0 Å². The lowest BCUT2D eigenvalue weighted by Gasteiger charge is -2.16. The predicted molar refractivity (Wildman–Crippen MR) is 121 cm³/mol. The fraction of sp³-hybridized carbons (Fsp3) is 0.320. The summed E-state index contributed by atoms with van der Waals surface area (Å²) < 4.78 is 3.23. The van der Waals surface area contributed by atoms with Gasteiger partial charge in [0.15, 0.2) is 5.78 Å². The lowest BCUT2D eigenvalue weighted by molar-refractivity contribution is -0.116. The van der Waals surface area contributed by atoms with Gasteiger partial charge in [0.05, 0.1) is 11.4 Å². The number of benzene rings is 2. The highest BCUT2D eigenvalue weighted by atomic mass is 16.2. The molecular weight excluding hydrogens is 390 g/mol. The van der Waals surface area contributed by atoms with Crippen molar-refractivity contribution in [3.63, 3.8) is 0 Å². The molecule has 3 aromatic rings. The fourth-order valence-electron chi connectivity index (χ4n) is 4.19. The zero-order valence-corrected chi connectivity index (χ0v) is 18.0. The second kappa shape index (κ2) is 8.76. The Morgan fingerprint density at radius 1 is 0.968 bits per heavy atom. The third-order valence-electron chi connectivity index (χ3n) is 6.07. The molecule has 0 bridgehead atoms. The third kappa shape index (κ3) is 4.24. The van der Waals surface area contributed by atoms with Crippen LogP contribution in [0.15, 0.2) is 53.3 Å². The number of carbonyl (C=O) groups excluding carboxylic acids is 2. The Labute approximate surface area is 181 Å². The zero-order valence-electron chi connectivity index (χ0n) is 18.0. The van der Waals surface area contributed by atoms with Gasteiger partial charge in [-0.15, -0.1) is 0 Å². The van der Waals surface area contributed by atoms with E-state index in [4.69, 9.17) is 0 Å². The van der Waals surface area contributed by atoms with Gasteiger partial charge in [-0.05, 0) is 61.9 Å². The quantitative estimate of drug-likeness (QED) is 0.617. The topological polar surface area (TPSA) is 73.1 Å². The Balaban J connectivity index is 1.44. The first-order chi connectivity index (χ1) is 15.0. The van der Waals surface area contributed by atoms with Crippen LogP contribution in [0.4, 0.5) is 5.69 Å². The number of anilines is 1. The SMILES string of the molecule is Cc1c(NC(=O)CCC(=O)c2ccc3c(c2)CCCC3)c(=O)n(-c2ccccc2)n1C. The largest absolute Gasteiger partial charge is 0.320 e. The van der Waals surface area contributed by atoms with Crippen molar-refractivity contribution in [2.45, 2.75) is 45.4 Å². The summed E-state index contributed by atoms with van der Waals surface area (Å²) in [6.07, 6.45) is 4.59. The second-order valence-corrected chi connectivity index (χ2v) is 8.10. The summed E-state index contributed by atoms with van der Waals surface area (Å²) in [5.74, 6) is -0.382. The molecule has 0 aliphatic heterocycles. The third-order valence-corrected chi connectivity index (χ3v) is 6.07. The fourth-order valence-corrected chi connectivity index (χ4v) is 4.19. The Kier molecular flexibility index (Phi) is 5.89. The molecule has 0 radical (unpaired) electrons. The molecule has 0 saturated heterocycles. The van der Waals surface area contributed by atoms with Crippen LogP contribution in [-0.4, -0.2) is 21.1 Å². The van der Waals surface area contributed by atoms with Gasteiger partial charge in [-0.3, -0.25) is 19.1 Å². The Hall–Kier alpha value is -3.41. The van der Waals surface area contributed by atoms with E-state index in [9.17, 15) is 14.4 Å². The number of aryl methyl sites for hydroxylation is 2.